The van der Waals surface area contributed by atoms with E-state index in [1.807, 2.05) is 19.1 Å². The van der Waals surface area contributed by atoms with Gasteiger partial charge in [0.15, 0.2) is 5.96 Å². The molecule has 0 aromatic heterocycles. The molecule has 0 saturated carbocycles. The lowest BCUT2D eigenvalue weighted by Gasteiger charge is -2.10. The molecule has 0 aliphatic rings. The van der Waals surface area contributed by atoms with Crippen molar-refractivity contribution in [1.82, 2.24) is 10.6 Å². The molecule has 6 heteroatoms. The number of nitrogens with zero attached hydrogens (tertiary/aromatic N) is 1. The number of carbonyl (C=O) groups is 1. The maximum Gasteiger partial charge on any atom is 0.221 e. The molecular weight excluding hydrogens is 280 g/mol. The van der Waals surface area contributed by atoms with Crippen LogP contribution in [0.4, 0.5) is 5.69 Å². The zero-order valence-electron chi connectivity index (χ0n) is 13.0. The third-order valence-corrected chi connectivity index (χ3v) is 2.49. The number of aliphatic imine (C=N–C) groups is 1. The first-order valence-corrected chi connectivity index (χ1v) is 7.11. The number of carbonyl (C=O) groups excluding carboxylic acids is 1. The van der Waals surface area contributed by atoms with Crippen LogP contribution in [-0.2, 0) is 4.79 Å². The van der Waals surface area contributed by atoms with Crippen LogP contribution in [-0.4, -0.2) is 38.1 Å². The Morgan fingerprint density at radius 3 is 2.91 bits per heavy atom. The lowest BCUT2D eigenvalue weighted by Crippen LogP contribution is -2.37. The fourth-order valence-electron chi connectivity index (χ4n) is 1.66. The van der Waals surface area contributed by atoms with Crippen LogP contribution in [0.25, 0.3) is 0 Å². The first-order chi connectivity index (χ1) is 10.7. The van der Waals surface area contributed by atoms with Crippen LogP contribution in [0.2, 0.25) is 0 Å². The summed E-state index contributed by atoms with van der Waals surface area (Å²) >= 11 is 0. The van der Waals surface area contributed by atoms with Gasteiger partial charge in [-0.3, -0.25) is 4.79 Å². The Kier molecular flexibility index (Phi) is 7.98. The van der Waals surface area contributed by atoms with E-state index in [2.05, 4.69) is 26.9 Å². The second kappa shape index (κ2) is 10.1. The van der Waals surface area contributed by atoms with Crippen molar-refractivity contribution in [2.75, 3.05) is 31.6 Å². The van der Waals surface area contributed by atoms with Gasteiger partial charge in [-0.15, -0.1) is 6.42 Å². The number of guanidine groups is 1. The number of hydrogen-bond donors (Lipinski definition) is 3. The number of terminal acetylenes is 1. The average Bonchev–Trinajstić information content (AvgIpc) is 2.48. The molecule has 0 unspecified atom stereocenters. The van der Waals surface area contributed by atoms with Crippen molar-refractivity contribution < 1.29 is 9.53 Å². The molecule has 22 heavy (non-hydrogen) atoms. The SMILES string of the molecule is C#CCNC(=NCCOc1cccc(NC(C)=O)c1)NCC. The number of nitrogens with one attached hydrogen (secondary N) is 3. The normalized spacial score (nSPS) is 10.5. The van der Waals surface area contributed by atoms with Crippen molar-refractivity contribution in [3.8, 4) is 18.1 Å². The molecule has 0 aliphatic carbocycles. The predicted octanol–water partition coefficient (Wildman–Crippen LogP) is 1.21. The van der Waals surface area contributed by atoms with Gasteiger partial charge in [-0.2, -0.15) is 0 Å². The van der Waals surface area contributed by atoms with Gasteiger partial charge in [0.2, 0.25) is 5.91 Å². The smallest absolute Gasteiger partial charge is 0.221 e. The molecule has 1 rings (SSSR count). The number of benzene rings is 1. The molecule has 6 nitrogen and oxygen atoms in total. The van der Waals surface area contributed by atoms with Gasteiger partial charge in [-0.1, -0.05) is 12.0 Å². The Hall–Kier alpha value is -2.68. The molecule has 1 aromatic rings. The van der Waals surface area contributed by atoms with E-state index in [0.717, 1.165) is 6.54 Å². The van der Waals surface area contributed by atoms with Crippen molar-refractivity contribution in [3.05, 3.63) is 24.3 Å². The third kappa shape index (κ3) is 7.20. The first-order valence-electron chi connectivity index (χ1n) is 7.11. The monoisotopic (exact) mass is 302 g/mol. The van der Waals surface area contributed by atoms with Crippen LogP contribution in [0.3, 0.4) is 0 Å². The van der Waals surface area contributed by atoms with Crippen molar-refractivity contribution in [1.29, 1.82) is 0 Å². The Balaban J connectivity index is 2.45. The van der Waals surface area contributed by atoms with Gasteiger partial charge < -0.3 is 20.7 Å². The van der Waals surface area contributed by atoms with Gasteiger partial charge in [-0.05, 0) is 19.1 Å². The van der Waals surface area contributed by atoms with Crippen LogP contribution in [0.5, 0.6) is 5.75 Å². The molecule has 0 heterocycles. The van der Waals surface area contributed by atoms with E-state index in [1.54, 1.807) is 12.1 Å². The Morgan fingerprint density at radius 1 is 1.41 bits per heavy atom. The highest BCUT2D eigenvalue weighted by molar-refractivity contribution is 5.88. The molecular formula is C16H22N4O2. The molecule has 0 atom stereocenters. The summed E-state index contributed by atoms with van der Waals surface area (Å²) in [4.78, 5) is 15.4. The standard InChI is InChI=1S/C16H22N4O2/c1-4-9-18-16(17-5-2)19-10-11-22-15-8-6-7-14(12-15)20-13(3)21/h1,6-8,12H,5,9-11H2,2-3H3,(H,20,21)(H2,17,18,19). The molecule has 3 N–H and O–H groups in total. The molecule has 1 aromatic carbocycles. The second-order valence-corrected chi connectivity index (χ2v) is 4.38. The topological polar surface area (TPSA) is 74.8 Å². The van der Waals surface area contributed by atoms with Crippen molar-refractivity contribution >= 4 is 17.6 Å². The van der Waals surface area contributed by atoms with Crippen molar-refractivity contribution in [3.63, 3.8) is 0 Å². The summed E-state index contributed by atoms with van der Waals surface area (Å²) in [7, 11) is 0. The van der Waals surface area contributed by atoms with E-state index in [9.17, 15) is 4.79 Å². The quantitative estimate of drug-likeness (QED) is 0.306. The number of ether oxygens (including phenoxy) is 1. The molecule has 0 radical (unpaired) electrons. The van der Waals surface area contributed by atoms with Gasteiger partial charge in [0.25, 0.3) is 0 Å². The van der Waals surface area contributed by atoms with E-state index in [-0.39, 0.29) is 5.91 Å². The highest BCUT2D eigenvalue weighted by Gasteiger charge is 1.99. The molecule has 0 bridgehead atoms. The molecule has 0 spiro atoms. The summed E-state index contributed by atoms with van der Waals surface area (Å²) in [6.07, 6.45) is 5.20. The molecule has 0 fully saturated rings. The zero-order chi connectivity index (χ0) is 16.2. The van der Waals surface area contributed by atoms with Crippen LogP contribution >= 0.6 is 0 Å². The fraction of sp³-hybridized carbons (Fsp3) is 0.375. The van der Waals surface area contributed by atoms with Gasteiger partial charge in [-0.25, -0.2) is 4.99 Å². The minimum atomic E-state index is -0.114. The van der Waals surface area contributed by atoms with Gasteiger partial charge >= 0.3 is 0 Å². The van der Waals surface area contributed by atoms with Crippen LogP contribution in [0.15, 0.2) is 29.3 Å². The number of hydrogen-bond acceptors (Lipinski definition) is 3. The van der Waals surface area contributed by atoms with E-state index < -0.39 is 0 Å². The molecule has 0 aliphatic heterocycles. The van der Waals surface area contributed by atoms with E-state index >= 15 is 0 Å². The third-order valence-electron chi connectivity index (χ3n) is 2.49. The minimum Gasteiger partial charge on any atom is -0.492 e. The summed E-state index contributed by atoms with van der Waals surface area (Å²) in [5.74, 6) is 3.73. The fourth-order valence-corrected chi connectivity index (χ4v) is 1.66. The summed E-state index contributed by atoms with van der Waals surface area (Å²) in [5, 5.41) is 8.79. The van der Waals surface area contributed by atoms with Gasteiger partial charge in [0.05, 0.1) is 13.1 Å². The molecule has 1 amide bonds. The Labute approximate surface area is 131 Å². The molecule has 0 saturated heterocycles. The summed E-state index contributed by atoms with van der Waals surface area (Å²) in [6.45, 7) is 5.55. The summed E-state index contributed by atoms with van der Waals surface area (Å²) in [6, 6.07) is 7.23. The largest absolute Gasteiger partial charge is 0.492 e. The van der Waals surface area contributed by atoms with Crippen molar-refractivity contribution in [2.24, 2.45) is 4.99 Å². The predicted molar refractivity (Wildman–Crippen MR) is 89.1 cm³/mol. The Bertz CT molecular complexity index is 549. The van der Waals surface area contributed by atoms with E-state index in [4.69, 9.17) is 11.2 Å². The lowest BCUT2D eigenvalue weighted by molar-refractivity contribution is -0.114. The summed E-state index contributed by atoms with van der Waals surface area (Å²) in [5.41, 5.74) is 0.706. The summed E-state index contributed by atoms with van der Waals surface area (Å²) < 4.78 is 5.61. The second-order valence-electron chi connectivity index (χ2n) is 4.38. The average molecular weight is 302 g/mol. The van der Waals surface area contributed by atoms with E-state index in [0.29, 0.717) is 37.1 Å². The number of anilines is 1. The highest BCUT2D eigenvalue weighted by Crippen LogP contribution is 2.17. The highest BCUT2D eigenvalue weighted by atomic mass is 16.5. The lowest BCUT2D eigenvalue weighted by atomic mass is 10.3. The Morgan fingerprint density at radius 2 is 2.23 bits per heavy atom. The number of amides is 1. The maximum atomic E-state index is 11.0. The molecule has 118 valence electrons. The van der Waals surface area contributed by atoms with E-state index in [1.165, 1.54) is 6.92 Å². The first kappa shape index (κ1) is 17.4. The van der Waals surface area contributed by atoms with Crippen LogP contribution in [0.1, 0.15) is 13.8 Å². The minimum absolute atomic E-state index is 0.114. The zero-order valence-corrected chi connectivity index (χ0v) is 13.0. The van der Waals surface area contributed by atoms with Gasteiger partial charge in [0, 0.05) is 25.2 Å². The maximum absolute atomic E-state index is 11.0. The van der Waals surface area contributed by atoms with Crippen molar-refractivity contribution in [2.45, 2.75) is 13.8 Å². The van der Waals surface area contributed by atoms with Gasteiger partial charge in [0.1, 0.15) is 12.4 Å². The van der Waals surface area contributed by atoms with Crippen LogP contribution < -0.4 is 20.7 Å². The number of rotatable bonds is 7. The van der Waals surface area contributed by atoms with Crippen LogP contribution in [0, 0.1) is 12.3 Å².